The van der Waals surface area contributed by atoms with Crippen LogP contribution in [-0.2, 0) is 5.41 Å². The second kappa shape index (κ2) is 38.5. The summed E-state index contributed by atoms with van der Waals surface area (Å²) in [5.41, 5.74) is 24.7. The van der Waals surface area contributed by atoms with Gasteiger partial charge in [-0.3, -0.25) is 0 Å². The van der Waals surface area contributed by atoms with Crippen LogP contribution >= 0.6 is 0 Å². The molecule has 0 amide bonds. The molecule has 0 aliphatic rings. The van der Waals surface area contributed by atoms with Crippen molar-refractivity contribution in [3.63, 3.8) is 0 Å². The zero-order chi connectivity index (χ0) is 81.0. The van der Waals surface area contributed by atoms with E-state index in [1.54, 1.807) is 25.1 Å². The van der Waals surface area contributed by atoms with E-state index in [1.807, 2.05) is 68.4 Å². The molecule has 5 heterocycles. The molecule has 0 saturated carbocycles. The Labute approximate surface area is 674 Å². The quantitative estimate of drug-likeness (QED) is 0.151. The fourth-order valence-electron chi connectivity index (χ4n) is 14.5. The molecule has 574 valence electrons. The molecule has 20 aromatic rings. The van der Waals surface area contributed by atoms with E-state index in [1.165, 1.54) is 164 Å². The highest BCUT2D eigenvalue weighted by molar-refractivity contribution is 5.90. The first kappa shape index (κ1) is 82.3. The number of para-hydroxylation sites is 1. The van der Waals surface area contributed by atoms with Crippen LogP contribution in [-0.4, -0.2) is 0 Å². The fraction of sp³-hybridized carbons (Fsp3) is 0.174. The summed E-state index contributed by atoms with van der Waals surface area (Å²) in [6, 6.07) is 106. The molecule has 114 heavy (non-hydrogen) atoms. The average molecular weight is 1500 g/mol. The van der Waals surface area contributed by atoms with E-state index in [0.717, 1.165) is 33.7 Å². The van der Waals surface area contributed by atoms with Crippen LogP contribution in [0.1, 0.15) is 110 Å². The minimum absolute atomic E-state index is 0.216. The summed E-state index contributed by atoms with van der Waals surface area (Å²) in [4.78, 5) is 0. The Hall–Kier alpha value is -12.7. The van der Waals surface area contributed by atoms with Crippen molar-refractivity contribution in [3.8, 4) is 0 Å². The Kier molecular flexibility index (Phi) is 27.8. The Bertz CT molecular complexity index is 6310. The SMILES string of the molecule is Cc1cc(C)c2cc(C)oc2c1.Cc1cc(C)c2ccccc2c1.Cc1cc(C)c2ccoc2c1.Cc1cc(C)c2occc2c1.Cc1ccc2cccc(C(C)(C)C)c2c1.Cc1ccc2ccccc2c1.Cc1ccc2ccccc2c1.Cc1cccc2ccccc12.Cc1cccc2ccoc12.Cc1cccc2occc12. The minimum Gasteiger partial charge on any atom is -0.464 e. The van der Waals surface area contributed by atoms with Crippen LogP contribution in [0.4, 0.5) is 0 Å². The van der Waals surface area contributed by atoms with Crippen molar-refractivity contribution < 1.29 is 22.1 Å². The van der Waals surface area contributed by atoms with Gasteiger partial charge < -0.3 is 22.1 Å². The highest BCUT2D eigenvalue weighted by atomic mass is 16.3. The van der Waals surface area contributed by atoms with Crippen molar-refractivity contribution in [1.29, 1.82) is 0 Å². The standard InChI is InChI=1S/C15H18.C12H12.C11H12O.3C11H10.2C10H10O.2C9H8O/c1-11-8-9-12-6-5-7-14(13(12)10-11)15(2,3)4;1-9-7-10(2)12-6-4-3-5-11(12)8-9;1-7-4-8(2)10-6-9(3)12-11(10)5-7;1-9-5-4-7-10-6-2-3-8-11(9)10;2*1-9-6-7-10-4-2-3-5-11(10)8-9;1-7-5-8(2)9-3-4-11-10(9)6-7;1-7-5-8(2)10-9(6-7)3-4-11-10;1-7-3-2-4-9-8(7)5-6-10-9;1-7-3-2-4-8-5-6-10-9(7)8/h5-10H,1-4H3;3-8H,1-2H3;4-6H,1-3H3;3*2-8H,1H3;2*3-6H,1-2H3;2*2-6H,1H3. The number of rotatable bonds is 0. The fourth-order valence-corrected chi connectivity index (χ4v) is 14.5. The maximum atomic E-state index is 5.53. The first-order chi connectivity index (χ1) is 54.8. The third kappa shape index (κ3) is 22.1. The van der Waals surface area contributed by atoms with Gasteiger partial charge in [-0.2, -0.15) is 0 Å². The third-order valence-corrected chi connectivity index (χ3v) is 20.2. The molecule has 0 bridgehead atoms. The predicted molar refractivity (Wildman–Crippen MR) is 491 cm³/mol. The van der Waals surface area contributed by atoms with E-state index in [2.05, 4.69) is 360 Å². The van der Waals surface area contributed by atoms with Crippen LogP contribution in [0.15, 0.2) is 350 Å². The van der Waals surface area contributed by atoms with Crippen molar-refractivity contribution in [3.05, 3.63) is 418 Å². The number of hydrogen-bond acceptors (Lipinski definition) is 5. The molecule has 5 aromatic heterocycles. The van der Waals surface area contributed by atoms with Gasteiger partial charge in [0.25, 0.3) is 0 Å². The molecule has 0 aliphatic heterocycles. The summed E-state index contributed by atoms with van der Waals surface area (Å²) >= 11 is 0. The number of aryl methyl sites for hydroxylation is 15. The third-order valence-electron chi connectivity index (χ3n) is 20.2. The van der Waals surface area contributed by atoms with Crippen molar-refractivity contribution in [2.24, 2.45) is 0 Å². The van der Waals surface area contributed by atoms with Gasteiger partial charge in [-0.05, 0) is 273 Å². The van der Waals surface area contributed by atoms with E-state index in [9.17, 15) is 0 Å². The Balaban J connectivity index is 0.000000125. The normalized spacial score (nSPS) is 10.7. The molecule has 0 aliphatic carbocycles. The van der Waals surface area contributed by atoms with Gasteiger partial charge in [0.05, 0.1) is 25.1 Å². The molecular weight excluding hydrogens is 1390 g/mol. The zero-order valence-corrected chi connectivity index (χ0v) is 69.7. The molecule has 0 atom stereocenters. The maximum Gasteiger partial charge on any atom is 0.136 e. The van der Waals surface area contributed by atoms with Gasteiger partial charge in [-0.1, -0.05) is 297 Å². The van der Waals surface area contributed by atoms with Gasteiger partial charge in [-0.25, -0.2) is 0 Å². The van der Waals surface area contributed by atoms with Gasteiger partial charge in [0.2, 0.25) is 0 Å². The van der Waals surface area contributed by atoms with Crippen LogP contribution in [0.2, 0.25) is 0 Å². The van der Waals surface area contributed by atoms with Crippen molar-refractivity contribution in [2.75, 3.05) is 0 Å². The van der Waals surface area contributed by atoms with E-state index in [-0.39, 0.29) is 5.41 Å². The van der Waals surface area contributed by atoms with Crippen molar-refractivity contribution in [2.45, 2.75) is 130 Å². The Morgan fingerprint density at radius 3 is 1.14 bits per heavy atom. The first-order valence-corrected chi connectivity index (χ1v) is 39.4. The monoisotopic (exact) mass is 1500 g/mol. The van der Waals surface area contributed by atoms with Gasteiger partial charge >= 0.3 is 0 Å². The van der Waals surface area contributed by atoms with Gasteiger partial charge in [0.1, 0.15) is 33.7 Å². The van der Waals surface area contributed by atoms with Crippen LogP contribution in [0, 0.1) is 104 Å². The molecule has 5 heteroatoms. The topological polar surface area (TPSA) is 65.7 Å². The second-order valence-electron chi connectivity index (χ2n) is 31.1. The molecule has 0 saturated heterocycles. The van der Waals surface area contributed by atoms with Crippen LogP contribution in [0.25, 0.3) is 109 Å². The average Bonchev–Trinajstić information content (AvgIpc) is 1.30. The Morgan fingerprint density at radius 1 is 0.193 bits per heavy atom. The molecule has 15 aromatic carbocycles. The molecule has 0 N–H and O–H groups in total. The lowest BCUT2D eigenvalue weighted by atomic mass is 9.83. The van der Waals surface area contributed by atoms with E-state index in [0.29, 0.717) is 0 Å². The molecular formula is C109H108O5. The summed E-state index contributed by atoms with van der Waals surface area (Å²) in [7, 11) is 0. The van der Waals surface area contributed by atoms with Crippen molar-refractivity contribution >= 4 is 109 Å². The highest BCUT2D eigenvalue weighted by Crippen LogP contribution is 2.32. The van der Waals surface area contributed by atoms with Gasteiger partial charge in [-0.15, -0.1) is 0 Å². The smallest absolute Gasteiger partial charge is 0.136 e. The minimum atomic E-state index is 0.216. The lowest BCUT2D eigenvalue weighted by Crippen LogP contribution is -2.11. The van der Waals surface area contributed by atoms with E-state index in [4.69, 9.17) is 22.1 Å². The second-order valence-corrected chi connectivity index (χ2v) is 31.1. The first-order valence-electron chi connectivity index (χ1n) is 39.4. The van der Waals surface area contributed by atoms with Crippen LogP contribution in [0.3, 0.4) is 0 Å². The van der Waals surface area contributed by atoms with Gasteiger partial charge in [0.15, 0.2) is 0 Å². The Morgan fingerprint density at radius 2 is 0.570 bits per heavy atom. The summed E-state index contributed by atoms with van der Waals surface area (Å²) < 4.78 is 26.6. The molecule has 0 unspecified atom stereocenters. The lowest BCUT2D eigenvalue weighted by Gasteiger charge is -2.21. The highest BCUT2D eigenvalue weighted by Gasteiger charge is 2.16. The summed E-state index contributed by atoms with van der Waals surface area (Å²) in [5.74, 6) is 0.985. The molecule has 0 fully saturated rings. The molecule has 20 rings (SSSR count). The summed E-state index contributed by atoms with van der Waals surface area (Å²) in [6.07, 6.45) is 6.91. The number of fused-ring (bicyclic) bond motifs is 10. The summed E-state index contributed by atoms with van der Waals surface area (Å²) in [6.45, 7) is 38.3. The molecule has 5 nitrogen and oxygen atoms in total. The largest absolute Gasteiger partial charge is 0.464 e. The number of furan rings is 5. The predicted octanol–water partition coefficient (Wildman–Crippen LogP) is 32.3. The number of hydrogen-bond donors (Lipinski definition) is 0. The van der Waals surface area contributed by atoms with E-state index >= 15 is 0 Å². The molecule has 0 radical (unpaired) electrons. The van der Waals surface area contributed by atoms with Crippen molar-refractivity contribution in [1.82, 2.24) is 0 Å². The van der Waals surface area contributed by atoms with Gasteiger partial charge in [0, 0.05) is 26.9 Å². The van der Waals surface area contributed by atoms with E-state index < -0.39 is 0 Å². The maximum absolute atomic E-state index is 5.53. The van der Waals surface area contributed by atoms with Crippen LogP contribution < -0.4 is 0 Å². The van der Waals surface area contributed by atoms with Crippen LogP contribution in [0.5, 0.6) is 0 Å². The summed E-state index contributed by atoms with van der Waals surface area (Å²) in [5, 5.41) is 19.5. The lowest BCUT2D eigenvalue weighted by molar-refractivity contribution is 0.578. The molecule has 0 spiro atoms. The number of benzene rings is 15. The zero-order valence-electron chi connectivity index (χ0n) is 69.7.